The quantitative estimate of drug-likeness (QED) is 0.311. The molecule has 0 heterocycles. The van der Waals surface area contributed by atoms with E-state index in [4.69, 9.17) is 9.47 Å². The van der Waals surface area contributed by atoms with Crippen molar-refractivity contribution < 1.29 is 19.1 Å². The third-order valence-electron chi connectivity index (χ3n) is 3.93. The predicted octanol–water partition coefficient (Wildman–Crippen LogP) is 3.65. The van der Waals surface area contributed by atoms with Crippen LogP contribution in [0.25, 0.3) is 0 Å². The molecule has 2 N–H and O–H groups in total. The third-order valence-corrected chi connectivity index (χ3v) is 4.46. The van der Waals surface area contributed by atoms with E-state index in [1.165, 1.54) is 6.21 Å². The van der Waals surface area contributed by atoms with E-state index >= 15 is 0 Å². The number of benzene rings is 2. The van der Waals surface area contributed by atoms with Gasteiger partial charge in [0.05, 0.1) is 13.3 Å². The Balaban J connectivity index is 1.88. The fraction of sp³-hybridized carbons (Fsp3) is 0.318. The van der Waals surface area contributed by atoms with Crippen LogP contribution in [0.4, 0.5) is 0 Å². The molecule has 0 aromatic heterocycles. The summed E-state index contributed by atoms with van der Waals surface area (Å²) < 4.78 is 12.2. The summed E-state index contributed by atoms with van der Waals surface area (Å²) in [6, 6.07) is 13.2. The second-order valence-corrected chi connectivity index (χ2v) is 7.91. The van der Waals surface area contributed by atoms with E-state index in [9.17, 15) is 9.59 Å². The zero-order valence-corrected chi connectivity index (χ0v) is 18.9. The molecule has 2 aromatic carbocycles. The lowest BCUT2D eigenvalue weighted by Crippen LogP contribution is -2.32. The molecule has 8 heteroatoms. The molecule has 0 aliphatic heterocycles. The van der Waals surface area contributed by atoms with E-state index in [1.54, 1.807) is 25.3 Å². The number of nitrogens with zero attached hydrogens (tertiary/aromatic N) is 1. The maximum Gasteiger partial charge on any atom is 0.249 e. The van der Waals surface area contributed by atoms with Gasteiger partial charge < -0.3 is 14.8 Å². The summed E-state index contributed by atoms with van der Waals surface area (Å²) >= 11 is 3.41. The molecular weight excluding hydrogens is 450 g/mol. The Labute approximate surface area is 185 Å². The summed E-state index contributed by atoms with van der Waals surface area (Å²) in [6.07, 6.45) is 1.21. The van der Waals surface area contributed by atoms with Gasteiger partial charge in [-0.3, -0.25) is 9.59 Å². The van der Waals surface area contributed by atoms with Crippen molar-refractivity contribution in [2.24, 2.45) is 11.0 Å². The van der Waals surface area contributed by atoms with Gasteiger partial charge in [-0.2, -0.15) is 5.10 Å². The highest BCUT2D eigenvalue weighted by Gasteiger charge is 2.09. The Morgan fingerprint density at radius 2 is 1.83 bits per heavy atom. The van der Waals surface area contributed by atoms with Crippen LogP contribution in [0.3, 0.4) is 0 Å². The summed E-state index contributed by atoms with van der Waals surface area (Å²) in [4.78, 5) is 23.4. The molecule has 0 bridgehead atoms. The molecule has 0 saturated carbocycles. The second kappa shape index (κ2) is 12.0. The van der Waals surface area contributed by atoms with Crippen molar-refractivity contribution in [1.82, 2.24) is 10.7 Å². The molecule has 0 unspecified atom stereocenters. The first kappa shape index (κ1) is 23.4. The topological polar surface area (TPSA) is 89.0 Å². The van der Waals surface area contributed by atoms with Crippen molar-refractivity contribution in [3.63, 3.8) is 0 Å². The number of rotatable bonds is 10. The molecular formula is C22H26BrN3O4. The Morgan fingerprint density at radius 1 is 1.10 bits per heavy atom. The SMILES string of the molecule is COc1cc(/C=N/NC(=O)CC(=O)NCC(C)C)ccc1OCc1ccc(Br)cc1. The number of methoxy groups -OCH3 is 1. The lowest BCUT2D eigenvalue weighted by molar-refractivity contribution is -0.129. The number of nitrogens with one attached hydrogen (secondary N) is 2. The summed E-state index contributed by atoms with van der Waals surface area (Å²) in [5.41, 5.74) is 4.10. The van der Waals surface area contributed by atoms with Gasteiger partial charge in [0, 0.05) is 11.0 Å². The van der Waals surface area contributed by atoms with Crippen LogP contribution in [0.15, 0.2) is 52.0 Å². The molecule has 2 amide bonds. The molecule has 30 heavy (non-hydrogen) atoms. The maximum atomic E-state index is 11.8. The van der Waals surface area contributed by atoms with Crippen molar-refractivity contribution in [3.8, 4) is 11.5 Å². The van der Waals surface area contributed by atoms with Gasteiger partial charge in [-0.1, -0.05) is 41.9 Å². The minimum atomic E-state index is -0.478. The molecule has 0 aliphatic carbocycles. The number of carbonyl (C=O) groups is 2. The fourth-order valence-corrected chi connectivity index (χ4v) is 2.63. The number of hydrogen-bond acceptors (Lipinski definition) is 5. The Bertz CT molecular complexity index is 882. The zero-order valence-electron chi connectivity index (χ0n) is 17.3. The Hall–Kier alpha value is -2.87. The van der Waals surface area contributed by atoms with Crippen LogP contribution >= 0.6 is 15.9 Å². The summed E-state index contributed by atoms with van der Waals surface area (Å²) in [6.45, 7) is 4.91. The summed E-state index contributed by atoms with van der Waals surface area (Å²) in [5, 5.41) is 6.58. The lowest BCUT2D eigenvalue weighted by Gasteiger charge is -2.11. The monoisotopic (exact) mass is 475 g/mol. The first-order valence-electron chi connectivity index (χ1n) is 9.51. The molecule has 0 saturated heterocycles. The summed E-state index contributed by atoms with van der Waals surface area (Å²) in [7, 11) is 1.56. The van der Waals surface area contributed by atoms with Crippen molar-refractivity contribution >= 4 is 34.0 Å². The van der Waals surface area contributed by atoms with E-state index in [0.717, 1.165) is 10.0 Å². The highest BCUT2D eigenvalue weighted by atomic mass is 79.9. The van der Waals surface area contributed by atoms with Gasteiger partial charge in [0.2, 0.25) is 11.8 Å². The highest BCUT2D eigenvalue weighted by Crippen LogP contribution is 2.28. The normalized spacial score (nSPS) is 10.8. The Morgan fingerprint density at radius 3 is 2.50 bits per heavy atom. The van der Waals surface area contributed by atoms with Crippen LogP contribution in [-0.4, -0.2) is 31.7 Å². The highest BCUT2D eigenvalue weighted by molar-refractivity contribution is 9.10. The van der Waals surface area contributed by atoms with E-state index in [0.29, 0.717) is 36.1 Å². The standard InChI is InChI=1S/C22H26BrN3O4/c1-15(2)12-24-21(27)11-22(28)26-25-13-17-6-9-19(20(10-17)29-3)30-14-16-4-7-18(23)8-5-16/h4-10,13,15H,11-12,14H2,1-3H3,(H,24,27)(H,26,28)/b25-13+. The van der Waals surface area contributed by atoms with Crippen molar-refractivity contribution in [3.05, 3.63) is 58.1 Å². The van der Waals surface area contributed by atoms with E-state index in [2.05, 4.69) is 31.8 Å². The number of carbonyl (C=O) groups excluding carboxylic acids is 2. The molecule has 0 atom stereocenters. The van der Waals surface area contributed by atoms with Gasteiger partial charge in [0.25, 0.3) is 0 Å². The van der Waals surface area contributed by atoms with E-state index < -0.39 is 5.91 Å². The van der Waals surface area contributed by atoms with Gasteiger partial charge in [0.15, 0.2) is 11.5 Å². The molecule has 2 rings (SSSR count). The molecule has 0 radical (unpaired) electrons. The molecule has 7 nitrogen and oxygen atoms in total. The van der Waals surface area contributed by atoms with Gasteiger partial charge in [-0.05, 0) is 47.4 Å². The van der Waals surface area contributed by atoms with Crippen molar-refractivity contribution in [2.45, 2.75) is 26.9 Å². The van der Waals surface area contributed by atoms with Gasteiger partial charge >= 0.3 is 0 Å². The van der Waals surface area contributed by atoms with Crippen LogP contribution in [0.5, 0.6) is 11.5 Å². The maximum absolute atomic E-state index is 11.8. The Kier molecular flexibility index (Phi) is 9.34. The smallest absolute Gasteiger partial charge is 0.249 e. The van der Waals surface area contributed by atoms with E-state index in [1.807, 2.05) is 38.1 Å². The van der Waals surface area contributed by atoms with Crippen LogP contribution in [0.1, 0.15) is 31.4 Å². The largest absolute Gasteiger partial charge is 0.493 e. The average Bonchev–Trinajstić information content (AvgIpc) is 2.72. The number of hydrogen-bond donors (Lipinski definition) is 2. The van der Waals surface area contributed by atoms with Crippen LogP contribution in [0, 0.1) is 5.92 Å². The zero-order chi connectivity index (χ0) is 21.9. The summed E-state index contributed by atoms with van der Waals surface area (Å²) in [5.74, 6) is 0.671. The molecule has 0 aliphatic rings. The van der Waals surface area contributed by atoms with Crippen LogP contribution < -0.4 is 20.2 Å². The van der Waals surface area contributed by atoms with E-state index in [-0.39, 0.29) is 12.3 Å². The second-order valence-electron chi connectivity index (χ2n) is 6.99. The third kappa shape index (κ3) is 8.24. The molecule has 0 spiro atoms. The van der Waals surface area contributed by atoms with Gasteiger partial charge in [-0.25, -0.2) is 5.43 Å². The minimum Gasteiger partial charge on any atom is -0.493 e. The number of hydrazone groups is 1. The van der Waals surface area contributed by atoms with Crippen LogP contribution in [-0.2, 0) is 16.2 Å². The number of amides is 2. The van der Waals surface area contributed by atoms with Crippen molar-refractivity contribution in [1.29, 1.82) is 0 Å². The van der Waals surface area contributed by atoms with Crippen LogP contribution in [0.2, 0.25) is 0 Å². The first-order chi connectivity index (χ1) is 14.4. The van der Waals surface area contributed by atoms with Gasteiger partial charge in [0.1, 0.15) is 13.0 Å². The molecule has 0 fully saturated rings. The lowest BCUT2D eigenvalue weighted by atomic mass is 10.2. The van der Waals surface area contributed by atoms with Crippen molar-refractivity contribution in [2.75, 3.05) is 13.7 Å². The predicted molar refractivity (Wildman–Crippen MR) is 120 cm³/mol. The first-order valence-corrected chi connectivity index (χ1v) is 10.3. The molecule has 160 valence electrons. The number of halogens is 1. The average molecular weight is 476 g/mol. The fourth-order valence-electron chi connectivity index (χ4n) is 2.37. The molecule has 2 aromatic rings. The minimum absolute atomic E-state index is 0.268. The van der Waals surface area contributed by atoms with Gasteiger partial charge in [-0.15, -0.1) is 0 Å². The number of ether oxygens (including phenoxy) is 2.